The molecular formula is C8H16O3S. The van der Waals surface area contributed by atoms with Crippen LogP contribution in [0.25, 0.3) is 0 Å². The van der Waals surface area contributed by atoms with Crippen LogP contribution >= 0.6 is 12.6 Å². The van der Waals surface area contributed by atoms with Crippen molar-refractivity contribution >= 4 is 12.6 Å². The molecule has 0 N–H and O–H groups in total. The topological polar surface area (TPSA) is 27.7 Å². The van der Waals surface area contributed by atoms with E-state index in [2.05, 4.69) is 12.6 Å². The first-order valence-corrected chi connectivity index (χ1v) is 4.66. The first-order chi connectivity index (χ1) is 5.79. The molecule has 0 aromatic carbocycles. The van der Waals surface area contributed by atoms with E-state index in [0.29, 0.717) is 0 Å². The number of hydrogen-bond acceptors (Lipinski definition) is 4. The highest BCUT2D eigenvalue weighted by molar-refractivity contribution is 7.81. The fraction of sp³-hybridized carbons (Fsp3) is 1.00. The number of ether oxygens (including phenoxy) is 3. The van der Waals surface area contributed by atoms with Crippen molar-refractivity contribution in [3.63, 3.8) is 0 Å². The molecule has 1 fully saturated rings. The predicted octanol–water partition coefficient (Wildman–Crippen LogP) is 1.08. The first kappa shape index (κ1) is 10.3. The zero-order valence-corrected chi connectivity index (χ0v) is 8.42. The van der Waals surface area contributed by atoms with Gasteiger partial charge in [-0.15, -0.1) is 0 Å². The second-order valence-corrected chi connectivity index (χ2v) is 3.55. The molecule has 1 aliphatic heterocycles. The molecular weight excluding hydrogens is 176 g/mol. The summed E-state index contributed by atoms with van der Waals surface area (Å²) in [6.45, 7) is 0.783. The first-order valence-electron chi connectivity index (χ1n) is 4.15. The Labute approximate surface area is 78.8 Å². The Hall–Kier alpha value is 0.230. The zero-order valence-electron chi connectivity index (χ0n) is 7.53. The van der Waals surface area contributed by atoms with Gasteiger partial charge in [0.2, 0.25) is 0 Å². The van der Waals surface area contributed by atoms with Crippen LogP contribution < -0.4 is 0 Å². The SMILES string of the molecule is COC(OC)[C@H]1OCCC[C@H]1S. The van der Waals surface area contributed by atoms with Crippen molar-refractivity contribution in [1.82, 2.24) is 0 Å². The van der Waals surface area contributed by atoms with Crippen LogP contribution in [0.2, 0.25) is 0 Å². The van der Waals surface area contributed by atoms with Gasteiger partial charge in [-0.1, -0.05) is 0 Å². The lowest BCUT2D eigenvalue weighted by atomic mass is 10.1. The van der Waals surface area contributed by atoms with Crippen LogP contribution in [0.15, 0.2) is 0 Å². The van der Waals surface area contributed by atoms with Crippen LogP contribution in [0.5, 0.6) is 0 Å². The third-order valence-electron chi connectivity index (χ3n) is 2.07. The molecule has 0 unspecified atom stereocenters. The van der Waals surface area contributed by atoms with Gasteiger partial charge in [-0.2, -0.15) is 12.6 Å². The van der Waals surface area contributed by atoms with Gasteiger partial charge in [-0.3, -0.25) is 0 Å². The lowest BCUT2D eigenvalue weighted by molar-refractivity contribution is -0.188. The van der Waals surface area contributed by atoms with Crippen molar-refractivity contribution in [2.45, 2.75) is 30.5 Å². The number of methoxy groups -OCH3 is 2. The number of hydrogen-bond donors (Lipinski definition) is 1. The standard InChI is InChI=1S/C8H16O3S/c1-9-8(10-2)7-6(12)4-3-5-11-7/h6-8,12H,3-5H2,1-2H3/t6-,7+/m1/s1. The van der Waals surface area contributed by atoms with E-state index in [0.717, 1.165) is 19.4 Å². The predicted molar refractivity (Wildman–Crippen MR) is 49.6 cm³/mol. The second-order valence-electron chi connectivity index (χ2n) is 2.88. The van der Waals surface area contributed by atoms with E-state index in [1.807, 2.05) is 0 Å². The van der Waals surface area contributed by atoms with E-state index >= 15 is 0 Å². The van der Waals surface area contributed by atoms with Crippen molar-refractivity contribution in [3.8, 4) is 0 Å². The number of thiol groups is 1. The molecule has 0 saturated carbocycles. The van der Waals surface area contributed by atoms with Gasteiger partial charge in [0, 0.05) is 26.1 Å². The highest BCUT2D eigenvalue weighted by Gasteiger charge is 2.30. The minimum atomic E-state index is -0.284. The largest absolute Gasteiger partial charge is 0.372 e. The fourth-order valence-corrected chi connectivity index (χ4v) is 1.82. The van der Waals surface area contributed by atoms with Gasteiger partial charge >= 0.3 is 0 Å². The van der Waals surface area contributed by atoms with Gasteiger partial charge in [0.05, 0.1) is 0 Å². The summed E-state index contributed by atoms with van der Waals surface area (Å²) in [5.74, 6) is 0. The van der Waals surface area contributed by atoms with E-state index in [1.54, 1.807) is 14.2 Å². The second kappa shape index (κ2) is 5.07. The highest BCUT2D eigenvalue weighted by atomic mass is 32.1. The van der Waals surface area contributed by atoms with Crippen LogP contribution in [0.1, 0.15) is 12.8 Å². The molecule has 1 aliphatic rings. The molecule has 1 saturated heterocycles. The molecule has 1 heterocycles. The summed E-state index contributed by atoms with van der Waals surface area (Å²) in [5, 5.41) is 0.226. The van der Waals surface area contributed by atoms with Crippen LogP contribution in [0.4, 0.5) is 0 Å². The monoisotopic (exact) mass is 192 g/mol. The van der Waals surface area contributed by atoms with Crippen molar-refractivity contribution in [2.75, 3.05) is 20.8 Å². The lowest BCUT2D eigenvalue weighted by Gasteiger charge is -2.32. The molecule has 0 amide bonds. The van der Waals surface area contributed by atoms with E-state index < -0.39 is 0 Å². The van der Waals surface area contributed by atoms with Gasteiger partial charge in [0.15, 0.2) is 6.29 Å². The van der Waals surface area contributed by atoms with E-state index in [-0.39, 0.29) is 17.6 Å². The van der Waals surface area contributed by atoms with Crippen LogP contribution in [0.3, 0.4) is 0 Å². The molecule has 3 nitrogen and oxygen atoms in total. The molecule has 0 spiro atoms. The Morgan fingerprint density at radius 1 is 1.42 bits per heavy atom. The Kier molecular flexibility index (Phi) is 4.35. The Morgan fingerprint density at radius 2 is 2.08 bits per heavy atom. The average Bonchev–Trinajstić information content (AvgIpc) is 2.10. The minimum absolute atomic E-state index is 0.0305. The average molecular weight is 192 g/mol. The third-order valence-corrected chi connectivity index (χ3v) is 2.62. The molecule has 0 radical (unpaired) electrons. The lowest BCUT2D eigenvalue weighted by Crippen LogP contribution is -2.42. The summed E-state index contributed by atoms with van der Waals surface area (Å²) in [6, 6.07) is 0. The molecule has 0 aromatic heterocycles. The van der Waals surface area contributed by atoms with Crippen molar-refractivity contribution in [2.24, 2.45) is 0 Å². The maximum absolute atomic E-state index is 5.51. The molecule has 2 atom stereocenters. The van der Waals surface area contributed by atoms with Crippen molar-refractivity contribution in [3.05, 3.63) is 0 Å². The Balaban J connectivity index is 2.45. The summed E-state index contributed by atoms with van der Waals surface area (Å²) < 4.78 is 15.7. The maximum Gasteiger partial charge on any atom is 0.184 e. The molecule has 0 bridgehead atoms. The van der Waals surface area contributed by atoms with Crippen molar-refractivity contribution < 1.29 is 14.2 Å². The Bertz CT molecular complexity index is 127. The van der Waals surface area contributed by atoms with E-state index in [1.165, 1.54) is 0 Å². The fourth-order valence-electron chi connectivity index (χ4n) is 1.41. The van der Waals surface area contributed by atoms with Gasteiger partial charge in [-0.05, 0) is 12.8 Å². The van der Waals surface area contributed by atoms with E-state index in [4.69, 9.17) is 14.2 Å². The van der Waals surface area contributed by atoms with Gasteiger partial charge < -0.3 is 14.2 Å². The molecule has 0 aromatic rings. The molecule has 0 aliphatic carbocycles. The zero-order chi connectivity index (χ0) is 8.97. The minimum Gasteiger partial charge on any atom is -0.372 e. The summed E-state index contributed by atoms with van der Waals surface area (Å²) in [6.07, 6.45) is 1.83. The summed E-state index contributed by atoms with van der Waals surface area (Å²) >= 11 is 4.42. The third kappa shape index (κ3) is 2.36. The van der Waals surface area contributed by atoms with Crippen molar-refractivity contribution in [1.29, 1.82) is 0 Å². The summed E-state index contributed by atoms with van der Waals surface area (Å²) in [5.41, 5.74) is 0. The quantitative estimate of drug-likeness (QED) is 0.535. The normalized spacial score (nSPS) is 31.0. The van der Waals surface area contributed by atoms with Gasteiger partial charge in [-0.25, -0.2) is 0 Å². The molecule has 1 rings (SSSR count). The molecule has 12 heavy (non-hydrogen) atoms. The van der Waals surface area contributed by atoms with Gasteiger partial charge in [0.1, 0.15) is 6.10 Å². The highest BCUT2D eigenvalue weighted by Crippen LogP contribution is 2.22. The van der Waals surface area contributed by atoms with E-state index in [9.17, 15) is 0 Å². The van der Waals surface area contributed by atoms with Crippen LogP contribution in [-0.4, -0.2) is 38.5 Å². The number of rotatable bonds is 3. The van der Waals surface area contributed by atoms with Crippen LogP contribution in [0, 0.1) is 0 Å². The molecule has 4 heteroatoms. The van der Waals surface area contributed by atoms with Crippen LogP contribution in [-0.2, 0) is 14.2 Å². The summed E-state index contributed by atoms with van der Waals surface area (Å²) in [4.78, 5) is 0. The maximum atomic E-state index is 5.51. The molecule has 72 valence electrons. The van der Waals surface area contributed by atoms with Gasteiger partial charge in [0.25, 0.3) is 0 Å². The Morgan fingerprint density at radius 3 is 2.58 bits per heavy atom. The summed E-state index contributed by atoms with van der Waals surface area (Å²) in [7, 11) is 3.24. The smallest absolute Gasteiger partial charge is 0.184 e.